The molecule has 24 heavy (non-hydrogen) atoms. The highest BCUT2D eigenvalue weighted by Crippen LogP contribution is 2.36. The molecule has 7 nitrogen and oxygen atoms in total. The first kappa shape index (κ1) is 16.2. The first-order valence-electron chi connectivity index (χ1n) is 7.99. The molecule has 126 valence electrons. The van der Waals surface area contributed by atoms with E-state index in [0.717, 1.165) is 6.42 Å². The third-order valence-corrected chi connectivity index (χ3v) is 4.46. The van der Waals surface area contributed by atoms with Crippen molar-refractivity contribution in [3.8, 4) is 0 Å². The Morgan fingerprint density at radius 3 is 3.00 bits per heavy atom. The van der Waals surface area contributed by atoms with Gasteiger partial charge in [-0.25, -0.2) is 0 Å². The Hall–Kier alpha value is -2.70. The predicted octanol–water partition coefficient (Wildman–Crippen LogP) is 2.54. The highest BCUT2D eigenvalue weighted by molar-refractivity contribution is 5.76. The molecule has 0 bridgehead atoms. The number of hydrogen-bond donors (Lipinski definition) is 1. The quantitative estimate of drug-likeness (QED) is 0.674. The van der Waals surface area contributed by atoms with Crippen LogP contribution >= 0.6 is 0 Å². The Bertz CT molecular complexity index is 784. The Morgan fingerprint density at radius 1 is 1.50 bits per heavy atom. The van der Waals surface area contributed by atoms with E-state index in [1.54, 1.807) is 0 Å². The van der Waals surface area contributed by atoms with Crippen LogP contribution in [0.5, 0.6) is 0 Å². The molecule has 1 aromatic carbocycles. The molecule has 0 radical (unpaired) electrons. The summed E-state index contributed by atoms with van der Waals surface area (Å²) in [6.45, 7) is 4.51. The van der Waals surface area contributed by atoms with E-state index in [1.807, 2.05) is 6.92 Å². The molecule has 2 aromatic rings. The Morgan fingerprint density at radius 2 is 2.29 bits per heavy atom. The number of carbonyl (C=O) groups is 1. The van der Waals surface area contributed by atoms with E-state index in [-0.39, 0.29) is 24.1 Å². The van der Waals surface area contributed by atoms with Crippen LogP contribution in [-0.4, -0.2) is 20.6 Å². The molecule has 1 amide bonds. The fraction of sp³-hybridized carbons (Fsp3) is 0.412. The Labute approximate surface area is 139 Å². The van der Waals surface area contributed by atoms with Crippen molar-refractivity contribution in [3.05, 3.63) is 57.4 Å². The molecule has 1 aliphatic carbocycles. The molecule has 1 aromatic heterocycles. The molecule has 1 aliphatic rings. The fourth-order valence-corrected chi connectivity index (χ4v) is 3.21. The SMILES string of the molecule is Cc1ccc2c(c1)C(NC(=O)CCn1cc([N+](=O)[O-])cn1)C(C)C2. The first-order valence-corrected chi connectivity index (χ1v) is 7.99. The largest absolute Gasteiger partial charge is 0.349 e. The van der Waals surface area contributed by atoms with Gasteiger partial charge >= 0.3 is 5.69 Å². The van der Waals surface area contributed by atoms with Crippen LogP contribution < -0.4 is 5.32 Å². The van der Waals surface area contributed by atoms with E-state index in [4.69, 9.17) is 0 Å². The summed E-state index contributed by atoms with van der Waals surface area (Å²) in [5, 5.41) is 17.6. The van der Waals surface area contributed by atoms with E-state index >= 15 is 0 Å². The molecule has 7 heteroatoms. The molecule has 2 atom stereocenters. The minimum absolute atomic E-state index is 0.0272. The summed E-state index contributed by atoms with van der Waals surface area (Å²) in [6, 6.07) is 6.40. The second-order valence-corrected chi connectivity index (χ2v) is 6.40. The average Bonchev–Trinajstić information content (AvgIpc) is 3.11. The van der Waals surface area contributed by atoms with Crippen LogP contribution in [0.15, 0.2) is 30.6 Å². The van der Waals surface area contributed by atoms with Crippen molar-refractivity contribution in [2.24, 2.45) is 5.92 Å². The van der Waals surface area contributed by atoms with Crippen LogP contribution in [-0.2, 0) is 17.8 Å². The number of nitro groups is 1. The zero-order valence-electron chi connectivity index (χ0n) is 13.7. The number of aryl methyl sites for hydroxylation is 2. The molecule has 0 fully saturated rings. The summed E-state index contributed by atoms with van der Waals surface area (Å²) in [4.78, 5) is 22.4. The van der Waals surface area contributed by atoms with Gasteiger partial charge in [-0.05, 0) is 30.4 Å². The van der Waals surface area contributed by atoms with E-state index in [0.29, 0.717) is 12.5 Å². The first-order chi connectivity index (χ1) is 11.4. The number of fused-ring (bicyclic) bond motifs is 1. The Balaban J connectivity index is 1.61. The molecule has 0 saturated carbocycles. The molecule has 1 N–H and O–H groups in total. The van der Waals surface area contributed by atoms with E-state index in [1.165, 1.54) is 33.8 Å². The minimum Gasteiger partial charge on any atom is -0.349 e. The van der Waals surface area contributed by atoms with E-state index in [9.17, 15) is 14.9 Å². The van der Waals surface area contributed by atoms with Crippen molar-refractivity contribution in [1.29, 1.82) is 0 Å². The number of carbonyl (C=O) groups excluding carboxylic acids is 1. The maximum Gasteiger partial charge on any atom is 0.306 e. The maximum absolute atomic E-state index is 12.3. The summed E-state index contributed by atoms with van der Waals surface area (Å²) in [6.07, 6.45) is 3.73. The lowest BCUT2D eigenvalue weighted by Gasteiger charge is -2.19. The third kappa shape index (κ3) is 3.29. The zero-order valence-corrected chi connectivity index (χ0v) is 13.7. The highest BCUT2D eigenvalue weighted by Gasteiger charge is 2.30. The van der Waals surface area contributed by atoms with Crippen LogP contribution in [0.25, 0.3) is 0 Å². The van der Waals surface area contributed by atoms with Gasteiger partial charge in [0.05, 0.1) is 11.0 Å². The summed E-state index contributed by atoms with van der Waals surface area (Å²) in [5.74, 6) is 0.288. The van der Waals surface area contributed by atoms with Gasteiger partial charge in [0.1, 0.15) is 12.4 Å². The lowest BCUT2D eigenvalue weighted by molar-refractivity contribution is -0.385. The van der Waals surface area contributed by atoms with Gasteiger partial charge in [0.15, 0.2) is 0 Å². The maximum atomic E-state index is 12.3. The molecule has 1 heterocycles. The van der Waals surface area contributed by atoms with Gasteiger partial charge in [-0.3, -0.25) is 19.6 Å². The third-order valence-electron chi connectivity index (χ3n) is 4.46. The molecular weight excluding hydrogens is 308 g/mol. The standard InChI is InChI=1S/C17H20N4O3/c1-11-3-4-13-8-12(2)17(15(13)7-11)19-16(22)5-6-20-10-14(9-18-20)21(23)24/h3-4,7,9-10,12,17H,5-6,8H2,1-2H3,(H,19,22). The summed E-state index contributed by atoms with van der Waals surface area (Å²) in [5.41, 5.74) is 3.61. The van der Waals surface area contributed by atoms with Gasteiger partial charge in [-0.15, -0.1) is 0 Å². The van der Waals surface area contributed by atoms with E-state index in [2.05, 4.69) is 35.5 Å². The van der Waals surface area contributed by atoms with Crippen LogP contribution in [0, 0.1) is 23.0 Å². The molecular formula is C17H20N4O3. The number of hydrogen-bond acceptors (Lipinski definition) is 4. The van der Waals surface area contributed by atoms with Gasteiger partial charge in [0, 0.05) is 13.0 Å². The monoisotopic (exact) mass is 328 g/mol. The van der Waals surface area contributed by atoms with Crippen molar-refractivity contribution < 1.29 is 9.72 Å². The van der Waals surface area contributed by atoms with Crippen LogP contribution in [0.2, 0.25) is 0 Å². The number of nitrogens with zero attached hydrogens (tertiary/aromatic N) is 3. The lowest BCUT2D eigenvalue weighted by atomic mass is 10.0. The molecule has 0 spiro atoms. The molecule has 2 unspecified atom stereocenters. The number of aromatic nitrogens is 2. The molecule has 3 rings (SSSR count). The fourth-order valence-electron chi connectivity index (χ4n) is 3.21. The molecule has 0 aliphatic heterocycles. The second kappa shape index (κ2) is 6.43. The highest BCUT2D eigenvalue weighted by atomic mass is 16.6. The van der Waals surface area contributed by atoms with Gasteiger partial charge in [0.25, 0.3) is 0 Å². The van der Waals surface area contributed by atoms with Crippen LogP contribution in [0.3, 0.4) is 0 Å². The normalized spacial score (nSPS) is 19.1. The Kier molecular flexibility index (Phi) is 4.33. The van der Waals surface area contributed by atoms with Gasteiger partial charge in [-0.2, -0.15) is 5.10 Å². The summed E-state index contributed by atoms with van der Waals surface area (Å²) in [7, 11) is 0. The lowest BCUT2D eigenvalue weighted by Crippen LogP contribution is -2.31. The average molecular weight is 328 g/mol. The topological polar surface area (TPSA) is 90.1 Å². The van der Waals surface area contributed by atoms with Crippen LogP contribution in [0.4, 0.5) is 5.69 Å². The minimum atomic E-state index is -0.497. The van der Waals surface area contributed by atoms with Crippen molar-refractivity contribution in [2.45, 2.75) is 39.3 Å². The van der Waals surface area contributed by atoms with Crippen LogP contribution in [0.1, 0.15) is 36.1 Å². The van der Waals surface area contributed by atoms with Gasteiger partial charge < -0.3 is 5.32 Å². The van der Waals surface area contributed by atoms with Crippen molar-refractivity contribution in [1.82, 2.24) is 15.1 Å². The van der Waals surface area contributed by atoms with Crippen molar-refractivity contribution in [3.63, 3.8) is 0 Å². The second-order valence-electron chi connectivity index (χ2n) is 6.40. The summed E-state index contributed by atoms with van der Waals surface area (Å²) < 4.78 is 1.42. The van der Waals surface area contributed by atoms with E-state index < -0.39 is 4.92 Å². The number of benzene rings is 1. The molecule has 0 saturated heterocycles. The number of rotatable bonds is 5. The zero-order chi connectivity index (χ0) is 17.3. The number of amides is 1. The smallest absolute Gasteiger partial charge is 0.306 e. The summed E-state index contributed by atoms with van der Waals surface area (Å²) >= 11 is 0. The van der Waals surface area contributed by atoms with Gasteiger partial charge in [0.2, 0.25) is 5.91 Å². The van der Waals surface area contributed by atoms with Crippen molar-refractivity contribution >= 4 is 11.6 Å². The van der Waals surface area contributed by atoms with Crippen molar-refractivity contribution in [2.75, 3.05) is 0 Å². The number of nitrogens with one attached hydrogen (secondary N) is 1. The predicted molar refractivity (Wildman–Crippen MR) is 88.4 cm³/mol. The van der Waals surface area contributed by atoms with Gasteiger partial charge in [-0.1, -0.05) is 30.7 Å².